The number of carboxylic acids is 1. The van der Waals surface area contributed by atoms with Gasteiger partial charge < -0.3 is 5.11 Å². The van der Waals surface area contributed by atoms with Crippen LogP contribution in [0.4, 0.5) is 0 Å². The summed E-state index contributed by atoms with van der Waals surface area (Å²) < 4.78 is 0. The van der Waals surface area contributed by atoms with Crippen LogP contribution in [0.1, 0.15) is 35.7 Å². The van der Waals surface area contributed by atoms with E-state index in [1.54, 1.807) is 13.8 Å². The first-order chi connectivity index (χ1) is 8.89. The normalized spacial score (nSPS) is 11.5. The highest BCUT2D eigenvalue weighted by Crippen LogP contribution is 2.26. The van der Waals surface area contributed by atoms with Crippen LogP contribution < -0.4 is 0 Å². The van der Waals surface area contributed by atoms with Crippen molar-refractivity contribution < 1.29 is 9.90 Å². The van der Waals surface area contributed by atoms with E-state index in [0.717, 1.165) is 11.4 Å². The minimum Gasteiger partial charge on any atom is -0.481 e. The summed E-state index contributed by atoms with van der Waals surface area (Å²) in [4.78, 5) is 15.7. The zero-order valence-electron chi connectivity index (χ0n) is 11.3. The van der Waals surface area contributed by atoms with E-state index < -0.39 is 11.4 Å². The maximum atomic E-state index is 11.2. The predicted octanol–water partition coefficient (Wildman–Crippen LogP) is 3.40. The molecule has 2 aromatic rings. The average molecular weight is 275 g/mol. The number of rotatable bonds is 4. The number of carbonyl (C=O) groups is 1. The number of carboxylic acid groups (broad SMARTS) is 1. The maximum absolute atomic E-state index is 11.2. The number of hydrogen-bond donors (Lipinski definition) is 1. The van der Waals surface area contributed by atoms with Crippen LogP contribution in [-0.2, 0) is 16.6 Å². The molecule has 1 aromatic heterocycles. The molecule has 2 rings (SSSR count). The van der Waals surface area contributed by atoms with Gasteiger partial charge in [-0.25, -0.2) is 4.98 Å². The number of aromatic nitrogens is 1. The van der Waals surface area contributed by atoms with Gasteiger partial charge in [-0.2, -0.15) is 0 Å². The fraction of sp³-hybridized carbons (Fsp3) is 0.333. The van der Waals surface area contributed by atoms with Crippen LogP contribution in [0.15, 0.2) is 29.6 Å². The first kappa shape index (κ1) is 13.7. The van der Waals surface area contributed by atoms with Crippen LogP contribution in [0.25, 0.3) is 0 Å². The second-order valence-electron chi connectivity index (χ2n) is 5.22. The molecule has 0 aliphatic carbocycles. The molecular weight excluding hydrogens is 258 g/mol. The van der Waals surface area contributed by atoms with Crippen molar-refractivity contribution in [3.05, 3.63) is 51.5 Å². The van der Waals surface area contributed by atoms with Crippen molar-refractivity contribution >= 4 is 17.3 Å². The quantitative estimate of drug-likeness (QED) is 0.930. The van der Waals surface area contributed by atoms with Crippen LogP contribution in [0.5, 0.6) is 0 Å². The van der Waals surface area contributed by atoms with Gasteiger partial charge in [-0.3, -0.25) is 4.79 Å². The second-order valence-corrected chi connectivity index (χ2v) is 6.17. The molecule has 1 heterocycles. The zero-order chi connectivity index (χ0) is 14.0. The van der Waals surface area contributed by atoms with Gasteiger partial charge in [0.15, 0.2) is 0 Å². The Kier molecular flexibility index (Phi) is 3.71. The first-order valence-electron chi connectivity index (χ1n) is 6.13. The Hall–Kier alpha value is -1.68. The van der Waals surface area contributed by atoms with E-state index in [1.165, 1.54) is 22.5 Å². The molecule has 0 saturated carbocycles. The molecule has 0 atom stereocenters. The van der Waals surface area contributed by atoms with Gasteiger partial charge in [0.25, 0.3) is 0 Å². The van der Waals surface area contributed by atoms with Gasteiger partial charge in [0.05, 0.1) is 10.7 Å². The van der Waals surface area contributed by atoms with E-state index >= 15 is 0 Å². The van der Waals surface area contributed by atoms with E-state index in [4.69, 9.17) is 0 Å². The van der Waals surface area contributed by atoms with Crippen molar-refractivity contribution in [1.82, 2.24) is 4.98 Å². The number of hydrogen-bond acceptors (Lipinski definition) is 3. The summed E-state index contributed by atoms with van der Waals surface area (Å²) in [5, 5.41) is 12.0. The van der Waals surface area contributed by atoms with Gasteiger partial charge in [-0.1, -0.05) is 29.8 Å². The zero-order valence-corrected chi connectivity index (χ0v) is 12.1. The maximum Gasteiger partial charge on any atom is 0.315 e. The van der Waals surface area contributed by atoms with Crippen molar-refractivity contribution in [1.29, 1.82) is 0 Å². The van der Waals surface area contributed by atoms with Gasteiger partial charge >= 0.3 is 5.97 Å². The van der Waals surface area contributed by atoms with E-state index in [0.29, 0.717) is 5.69 Å². The summed E-state index contributed by atoms with van der Waals surface area (Å²) in [5.41, 5.74) is 2.13. The molecule has 4 heteroatoms. The van der Waals surface area contributed by atoms with Crippen LogP contribution in [0.2, 0.25) is 0 Å². The summed E-state index contributed by atoms with van der Waals surface area (Å²) in [5.74, 6) is -0.847. The van der Waals surface area contributed by atoms with Crippen LogP contribution in [-0.4, -0.2) is 16.1 Å². The van der Waals surface area contributed by atoms with Gasteiger partial charge in [-0.15, -0.1) is 11.3 Å². The van der Waals surface area contributed by atoms with Crippen LogP contribution >= 0.6 is 11.3 Å². The SMILES string of the molecule is Cc1cccc(Cc2nc(C(C)(C)C(=O)O)cs2)c1. The molecule has 0 aliphatic rings. The summed E-state index contributed by atoms with van der Waals surface area (Å²) in [7, 11) is 0. The Morgan fingerprint density at radius 3 is 2.79 bits per heavy atom. The van der Waals surface area contributed by atoms with Crippen LogP contribution in [0, 0.1) is 6.92 Å². The van der Waals surface area contributed by atoms with Gasteiger partial charge in [0.2, 0.25) is 0 Å². The van der Waals surface area contributed by atoms with Crippen molar-refractivity contribution in [3.8, 4) is 0 Å². The fourth-order valence-electron chi connectivity index (χ4n) is 1.79. The number of aryl methyl sites for hydroxylation is 1. The van der Waals surface area contributed by atoms with Crippen molar-refractivity contribution in [2.45, 2.75) is 32.6 Å². The highest BCUT2D eigenvalue weighted by atomic mass is 32.1. The Labute approximate surface area is 116 Å². The average Bonchev–Trinajstić information content (AvgIpc) is 2.78. The summed E-state index contributed by atoms with van der Waals surface area (Å²) >= 11 is 1.52. The Morgan fingerprint density at radius 1 is 1.42 bits per heavy atom. The number of thiazole rings is 1. The molecule has 100 valence electrons. The molecule has 0 bridgehead atoms. The highest BCUT2D eigenvalue weighted by Gasteiger charge is 2.31. The molecule has 3 nitrogen and oxygen atoms in total. The lowest BCUT2D eigenvalue weighted by Gasteiger charge is -2.15. The smallest absolute Gasteiger partial charge is 0.315 e. The molecule has 0 radical (unpaired) electrons. The fourth-order valence-corrected chi connectivity index (χ4v) is 2.78. The molecule has 1 N–H and O–H groups in total. The molecule has 1 aromatic carbocycles. The van der Waals surface area contributed by atoms with Crippen molar-refractivity contribution in [2.24, 2.45) is 0 Å². The molecule has 0 unspecified atom stereocenters. The van der Waals surface area contributed by atoms with Crippen molar-refractivity contribution in [2.75, 3.05) is 0 Å². The minimum absolute atomic E-state index is 0.632. The molecular formula is C15H17NO2S. The lowest BCUT2D eigenvalue weighted by Crippen LogP contribution is -2.28. The van der Waals surface area contributed by atoms with E-state index in [1.807, 2.05) is 11.4 Å². The number of aliphatic carboxylic acids is 1. The minimum atomic E-state index is -0.929. The molecule has 0 fully saturated rings. The topological polar surface area (TPSA) is 50.2 Å². The van der Waals surface area contributed by atoms with Gasteiger partial charge in [0, 0.05) is 11.8 Å². The lowest BCUT2D eigenvalue weighted by molar-refractivity contribution is -0.142. The third-order valence-corrected chi connectivity index (χ3v) is 4.01. The Morgan fingerprint density at radius 2 is 2.16 bits per heavy atom. The Balaban J connectivity index is 2.20. The van der Waals surface area contributed by atoms with Gasteiger partial charge in [0.1, 0.15) is 5.41 Å². The standard InChI is InChI=1S/C15H17NO2S/c1-10-5-4-6-11(7-10)8-13-16-12(9-19-13)15(2,3)14(17)18/h4-7,9H,8H2,1-3H3,(H,17,18). The van der Waals surface area contributed by atoms with Crippen molar-refractivity contribution in [3.63, 3.8) is 0 Å². The van der Waals surface area contributed by atoms with E-state index in [2.05, 4.69) is 30.1 Å². The molecule has 19 heavy (non-hydrogen) atoms. The third kappa shape index (κ3) is 3.01. The number of nitrogens with zero attached hydrogens (tertiary/aromatic N) is 1. The summed E-state index contributed by atoms with van der Waals surface area (Å²) in [6, 6.07) is 8.28. The molecule has 0 amide bonds. The monoisotopic (exact) mass is 275 g/mol. The lowest BCUT2D eigenvalue weighted by atomic mass is 9.90. The molecule has 0 spiro atoms. The highest BCUT2D eigenvalue weighted by molar-refractivity contribution is 7.09. The summed E-state index contributed by atoms with van der Waals surface area (Å²) in [6.45, 7) is 5.42. The summed E-state index contributed by atoms with van der Waals surface area (Å²) in [6.07, 6.45) is 0.752. The number of benzene rings is 1. The van der Waals surface area contributed by atoms with Gasteiger partial charge in [-0.05, 0) is 26.3 Å². The van der Waals surface area contributed by atoms with E-state index in [9.17, 15) is 9.90 Å². The molecule has 0 aliphatic heterocycles. The predicted molar refractivity (Wildman–Crippen MR) is 76.8 cm³/mol. The van der Waals surface area contributed by atoms with Crippen LogP contribution in [0.3, 0.4) is 0 Å². The Bertz CT molecular complexity index is 602. The molecule has 0 saturated heterocycles. The second kappa shape index (κ2) is 5.13. The first-order valence-corrected chi connectivity index (χ1v) is 7.01. The third-order valence-electron chi connectivity index (χ3n) is 3.16. The van der Waals surface area contributed by atoms with E-state index in [-0.39, 0.29) is 0 Å². The largest absolute Gasteiger partial charge is 0.481 e.